The van der Waals surface area contributed by atoms with E-state index in [0.29, 0.717) is 27.8 Å². The van der Waals surface area contributed by atoms with Crippen molar-refractivity contribution in [1.82, 2.24) is 0 Å². The molecule has 1 unspecified atom stereocenters. The van der Waals surface area contributed by atoms with Crippen molar-refractivity contribution in [1.29, 1.82) is 0 Å². The lowest BCUT2D eigenvalue weighted by molar-refractivity contribution is -0.115. The van der Waals surface area contributed by atoms with E-state index in [1.54, 1.807) is 24.3 Å². The lowest BCUT2D eigenvalue weighted by atomic mass is 10.2. The van der Waals surface area contributed by atoms with Gasteiger partial charge in [0, 0.05) is 16.7 Å². The van der Waals surface area contributed by atoms with Gasteiger partial charge in [0.2, 0.25) is 11.8 Å². The van der Waals surface area contributed by atoms with Gasteiger partial charge in [0.1, 0.15) is 0 Å². The molecular formula is C25H22Cl2N2O2S. The van der Waals surface area contributed by atoms with E-state index in [0.717, 1.165) is 10.5 Å². The molecule has 0 saturated carbocycles. The van der Waals surface area contributed by atoms with Gasteiger partial charge in [-0.1, -0.05) is 72.6 Å². The lowest BCUT2D eigenvalue weighted by Gasteiger charge is -2.16. The summed E-state index contributed by atoms with van der Waals surface area (Å²) in [6, 6.07) is 22.1. The van der Waals surface area contributed by atoms with Crippen molar-refractivity contribution in [2.45, 2.75) is 23.5 Å². The van der Waals surface area contributed by atoms with Crippen LogP contribution in [0.3, 0.4) is 0 Å². The molecule has 1 atom stereocenters. The first-order valence-electron chi connectivity index (χ1n) is 10.0. The second kappa shape index (κ2) is 11.8. The highest BCUT2D eigenvalue weighted by Gasteiger charge is 2.19. The van der Waals surface area contributed by atoms with E-state index in [1.807, 2.05) is 61.5 Å². The second-order valence-electron chi connectivity index (χ2n) is 6.87. The van der Waals surface area contributed by atoms with Gasteiger partial charge in [0.25, 0.3) is 0 Å². The first-order valence-corrected chi connectivity index (χ1v) is 11.7. The fourth-order valence-electron chi connectivity index (χ4n) is 2.87. The smallest absolute Gasteiger partial charge is 0.248 e. The van der Waals surface area contributed by atoms with Crippen LogP contribution < -0.4 is 10.6 Å². The molecule has 0 aliphatic heterocycles. The van der Waals surface area contributed by atoms with Gasteiger partial charge in [-0.2, -0.15) is 0 Å². The molecule has 3 aromatic carbocycles. The van der Waals surface area contributed by atoms with E-state index in [9.17, 15) is 9.59 Å². The summed E-state index contributed by atoms with van der Waals surface area (Å²) in [4.78, 5) is 25.9. The number of nitrogens with one attached hydrogen (secondary N) is 2. The van der Waals surface area contributed by atoms with E-state index < -0.39 is 0 Å². The zero-order chi connectivity index (χ0) is 22.9. The number of rotatable bonds is 8. The molecule has 3 aromatic rings. The molecule has 4 nitrogen and oxygen atoms in total. The van der Waals surface area contributed by atoms with Crippen LogP contribution in [0.25, 0.3) is 6.08 Å². The molecule has 164 valence electrons. The Kier molecular flexibility index (Phi) is 8.80. The van der Waals surface area contributed by atoms with E-state index >= 15 is 0 Å². The molecule has 7 heteroatoms. The summed E-state index contributed by atoms with van der Waals surface area (Å²) in [7, 11) is 0. The highest BCUT2D eigenvalue weighted by molar-refractivity contribution is 8.00. The molecular weight excluding hydrogens is 463 g/mol. The number of carbonyl (C=O) groups excluding carboxylic acids is 2. The third-order valence-electron chi connectivity index (χ3n) is 4.48. The normalized spacial score (nSPS) is 11.8. The van der Waals surface area contributed by atoms with Crippen molar-refractivity contribution in [3.8, 4) is 0 Å². The molecule has 0 heterocycles. The van der Waals surface area contributed by atoms with Crippen molar-refractivity contribution in [2.24, 2.45) is 0 Å². The third kappa shape index (κ3) is 6.89. The predicted molar refractivity (Wildman–Crippen MR) is 136 cm³/mol. The largest absolute Gasteiger partial charge is 0.324 e. The quantitative estimate of drug-likeness (QED) is 0.263. The summed E-state index contributed by atoms with van der Waals surface area (Å²) < 4.78 is 0. The minimum absolute atomic E-state index is 0.165. The topological polar surface area (TPSA) is 58.2 Å². The number of amides is 2. The van der Waals surface area contributed by atoms with Gasteiger partial charge in [0.15, 0.2) is 0 Å². The molecule has 2 N–H and O–H groups in total. The molecule has 3 rings (SSSR count). The highest BCUT2D eigenvalue weighted by Crippen LogP contribution is 2.32. The number of hydrogen-bond acceptors (Lipinski definition) is 3. The fraction of sp³-hybridized carbons (Fsp3) is 0.120. The van der Waals surface area contributed by atoms with Gasteiger partial charge in [-0.15, -0.1) is 11.8 Å². The molecule has 0 aliphatic carbocycles. The Morgan fingerprint density at radius 3 is 2.47 bits per heavy atom. The number of halogens is 2. The Labute approximate surface area is 202 Å². The molecule has 0 aliphatic rings. The summed E-state index contributed by atoms with van der Waals surface area (Å²) in [5, 5.41) is 6.06. The fourth-order valence-corrected chi connectivity index (χ4v) is 4.23. The Hall–Kier alpha value is -2.73. The summed E-state index contributed by atoms with van der Waals surface area (Å²) in [5.74, 6) is -0.390. The van der Waals surface area contributed by atoms with Crippen molar-refractivity contribution >= 4 is 64.2 Å². The van der Waals surface area contributed by atoms with Gasteiger partial charge < -0.3 is 10.6 Å². The summed E-state index contributed by atoms with van der Waals surface area (Å²) in [6.45, 7) is 1.94. The molecule has 0 fully saturated rings. The highest BCUT2D eigenvalue weighted by atomic mass is 35.5. The maximum absolute atomic E-state index is 12.8. The summed E-state index contributed by atoms with van der Waals surface area (Å²) in [6.07, 6.45) is 3.86. The van der Waals surface area contributed by atoms with Crippen LogP contribution in [0.2, 0.25) is 10.0 Å². The minimum atomic E-state index is -0.339. The predicted octanol–water partition coefficient (Wildman–Crippen LogP) is 7.15. The van der Waals surface area contributed by atoms with Crippen LogP contribution in [0.5, 0.6) is 0 Å². The molecule has 0 bridgehead atoms. The van der Waals surface area contributed by atoms with Gasteiger partial charge >= 0.3 is 0 Å². The molecule has 0 spiro atoms. The average molecular weight is 485 g/mol. The van der Waals surface area contributed by atoms with Crippen molar-refractivity contribution < 1.29 is 9.59 Å². The van der Waals surface area contributed by atoms with Crippen LogP contribution in [0, 0.1) is 0 Å². The molecule has 0 saturated heterocycles. The SMILES string of the molecule is CCC(Sc1cccc(NC(=O)/C=C/c2ccccc2)c1)C(=O)Nc1cccc(Cl)c1Cl. The first-order chi connectivity index (χ1) is 15.5. The standard InChI is InChI=1S/C25H22Cl2N2O2S/c1-2-22(25(31)29-21-13-7-12-20(26)24(21)27)32-19-11-6-10-18(16-19)28-23(30)15-14-17-8-4-3-5-9-17/h3-16,22H,2H2,1H3,(H,28,30)(H,29,31)/b15-14+. The minimum Gasteiger partial charge on any atom is -0.324 e. The molecule has 0 aromatic heterocycles. The molecule has 2 amide bonds. The molecule has 0 radical (unpaired) electrons. The van der Waals surface area contributed by atoms with Crippen LogP contribution in [0.4, 0.5) is 11.4 Å². The van der Waals surface area contributed by atoms with E-state index in [2.05, 4.69) is 10.6 Å². The van der Waals surface area contributed by atoms with Crippen LogP contribution >= 0.6 is 35.0 Å². The Morgan fingerprint density at radius 2 is 1.72 bits per heavy atom. The number of thioether (sulfide) groups is 1. The van der Waals surface area contributed by atoms with E-state index in [1.165, 1.54) is 17.8 Å². The Morgan fingerprint density at radius 1 is 0.969 bits per heavy atom. The number of hydrogen-bond donors (Lipinski definition) is 2. The lowest BCUT2D eigenvalue weighted by Crippen LogP contribution is -2.24. The Balaban J connectivity index is 1.63. The zero-order valence-electron chi connectivity index (χ0n) is 17.3. The average Bonchev–Trinajstić information content (AvgIpc) is 2.80. The maximum Gasteiger partial charge on any atom is 0.248 e. The second-order valence-corrected chi connectivity index (χ2v) is 8.93. The van der Waals surface area contributed by atoms with Crippen LogP contribution in [0.1, 0.15) is 18.9 Å². The molecule has 32 heavy (non-hydrogen) atoms. The van der Waals surface area contributed by atoms with Gasteiger partial charge in [-0.3, -0.25) is 9.59 Å². The number of anilines is 2. The van der Waals surface area contributed by atoms with Crippen molar-refractivity contribution in [3.05, 3.63) is 94.5 Å². The summed E-state index contributed by atoms with van der Waals surface area (Å²) >= 11 is 13.6. The van der Waals surface area contributed by atoms with Gasteiger partial charge in [0.05, 0.1) is 21.0 Å². The van der Waals surface area contributed by atoms with Crippen LogP contribution in [-0.2, 0) is 9.59 Å². The van der Waals surface area contributed by atoms with Crippen molar-refractivity contribution in [2.75, 3.05) is 10.6 Å². The van der Waals surface area contributed by atoms with Gasteiger partial charge in [-0.25, -0.2) is 0 Å². The third-order valence-corrected chi connectivity index (χ3v) is 6.66. The number of carbonyl (C=O) groups is 2. The Bertz CT molecular complexity index is 1120. The zero-order valence-corrected chi connectivity index (χ0v) is 19.7. The van der Waals surface area contributed by atoms with Gasteiger partial charge in [-0.05, 0) is 48.4 Å². The van der Waals surface area contributed by atoms with E-state index in [4.69, 9.17) is 23.2 Å². The number of benzene rings is 3. The van der Waals surface area contributed by atoms with Crippen LogP contribution in [-0.4, -0.2) is 17.1 Å². The van der Waals surface area contributed by atoms with E-state index in [-0.39, 0.29) is 17.1 Å². The van der Waals surface area contributed by atoms with Crippen molar-refractivity contribution in [3.63, 3.8) is 0 Å². The maximum atomic E-state index is 12.8. The summed E-state index contributed by atoms with van der Waals surface area (Å²) in [5.41, 5.74) is 2.09. The van der Waals surface area contributed by atoms with Crippen LogP contribution in [0.15, 0.2) is 83.8 Å². The monoisotopic (exact) mass is 484 g/mol. The first kappa shape index (κ1) is 23.9.